The maximum atomic E-state index is 4.37. The number of piperidine rings is 1. The van der Waals surface area contributed by atoms with E-state index in [1.165, 1.54) is 41.9 Å². The maximum Gasteiger partial charge on any atom is 0.191 e. The molecule has 0 aliphatic carbocycles. The van der Waals surface area contributed by atoms with Gasteiger partial charge in [-0.05, 0) is 61.3 Å². The van der Waals surface area contributed by atoms with E-state index >= 15 is 0 Å². The molecule has 0 amide bonds. The third kappa shape index (κ3) is 5.58. The second kappa shape index (κ2) is 9.74. The van der Waals surface area contributed by atoms with Crippen LogP contribution in [0.1, 0.15) is 28.8 Å². The molecule has 0 bridgehead atoms. The first-order valence-corrected chi connectivity index (χ1v) is 10.4. The van der Waals surface area contributed by atoms with E-state index < -0.39 is 0 Å². The van der Waals surface area contributed by atoms with Gasteiger partial charge in [-0.2, -0.15) is 0 Å². The van der Waals surface area contributed by atoms with Crippen molar-refractivity contribution in [3.05, 3.63) is 57.8 Å². The minimum Gasteiger partial charge on any atom is -0.356 e. The van der Waals surface area contributed by atoms with Crippen LogP contribution in [-0.2, 0) is 13.1 Å². The first-order valence-electron chi connectivity index (χ1n) is 9.48. The Kier molecular flexibility index (Phi) is 7.09. The SMILES string of the molecule is CN=C(NCc1ccccc1C)NCC1CCN(Cc2cccs2)CC1. The topological polar surface area (TPSA) is 39.7 Å². The van der Waals surface area contributed by atoms with Gasteiger partial charge in [0.25, 0.3) is 0 Å². The molecule has 2 heterocycles. The van der Waals surface area contributed by atoms with Gasteiger partial charge in [0.15, 0.2) is 5.96 Å². The Bertz CT molecular complexity index is 688. The Morgan fingerprint density at radius 1 is 1.15 bits per heavy atom. The van der Waals surface area contributed by atoms with Gasteiger partial charge in [0.2, 0.25) is 0 Å². The summed E-state index contributed by atoms with van der Waals surface area (Å²) < 4.78 is 0. The number of nitrogens with zero attached hydrogens (tertiary/aromatic N) is 2. The average Bonchev–Trinajstić information content (AvgIpc) is 3.17. The molecule has 1 fully saturated rings. The highest BCUT2D eigenvalue weighted by molar-refractivity contribution is 7.09. The van der Waals surface area contributed by atoms with Crippen LogP contribution in [-0.4, -0.2) is 37.5 Å². The summed E-state index contributed by atoms with van der Waals surface area (Å²) in [5.41, 5.74) is 2.63. The molecule has 4 nitrogen and oxygen atoms in total. The van der Waals surface area contributed by atoms with Crippen LogP contribution in [0.4, 0.5) is 0 Å². The molecule has 1 aliphatic heterocycles. The highest BCUT2D eigenvalue weighted by Crippen LogP contribution is 2.20. The van der Waals surface area contributed by atoms with Gasteiger partial charge in [0.05, 0.1) is 0 Å². The number of guanidine groups is 1. The highest BCUT2D eigenvalue weighted by atomic mass is 32.1. The molecule has 0 spiro atoms. The molecule has 1 aliphatic rings. The summed E-state index contributed by atoms with van der Waals surface area (Å²) in [5, 5.41) is 9.11. The molecule has 0 unspecified atom stereocenters. The molecule has 2 N–H and O–H groups in total. The van der Waals surface area contributed by atoms with Crippen LogP contribution in [0.2, 0.25) is 0 Å². The number of rotatable bonds is 6. The van der Waals surface area contributed by atoms with Crippen molar-refractivity contribution < 1.29 is 0 Å². The number of hydrogen-bond donors (Lipinski definition) is 2. The fourth-order valence-electron chi connectivity index (χ4n) is 3.42. The fourth-order valence-corrected chi connectivity index (χ4v) is 4.17. The largest absolute Gasteiger partial charge is 0.356 e. The lowest BCUT2D eigenvalue weighted by atomic mass is 9.97. The molecule has 1 aromatic carbocycles. The Balaban J connectivity index is 1.37. The number of aryl methyl sites for hydroxylation is 1. The predicted molar refractivity (Wildman–Crippen MR) is 112 cm³/mol. The van der Waals surface area contributed by atoms with Gasteiger partial charge < -0.3 is 10.6 Å². The van der Waals surface area contributed by atoms with E-state index in [0.29, 0.717) is 0 Å². The maximum absolute atomic E-state index is 4.37. The van der Waals surface area contributed by atoms with Crippen molar-refractivity contribution >= 4 is 17.3 Å². The number of benzene rings is 1. The van der Waals surface area contributed by atoms with Gasteiger partial charge in [-0.15, -0.1) is 11.3 Å². The number of aliphatic imine (C=N–C) groups is 1. The molecule has 26 heavy (non-hydrogen) atoms. The molecule has 5 heteroatoms. The molecular formula is C21H30N4S. The Labute approximate surface area is 161 Å². The van der Waals surface area contributed by atoms with E-state index in [9.17, 15) is 0 Å². The fraction of sp³-hybridized carbons (Fsp3) is 0.476. The lowest BCUT2D eigenvalue weighted by Crippen LogP contribution is -2.42. The summed E-state index contributed by atoms with van der Waals surface area (Å²) in [6.07, 6.45) is 2.51. The summed E-state index contributed by atoms with van der Waals surface area (Å²) in [5.74, 6) is 1.63. The zero-order valence-corrected chi connectivity index (χ0v) is 16.7. The number of nitrogens with one attached hydrogen (secondary N) is 2. The average molecular weight is 371 g/mol. The van der Waals surface area contributed by atoms with E-state index in [1.807, 2.05) is 18.4 Å². The van der Waals surface area contributed by atoms with Gasteiger partial charge in [-0.3, -0.25) is 9.89 Å². The van der Waals surface area contributed by atoms with Gasteiger partial charge >= 0.3 is 0 Å². The number of likely N-dealkylation sites (tertiary alicyclic amines) is 1. The van der Waals surface area contributed by atoms with Gasteiger partial charge in [0.1, 0.15) is 0 Å². The van der Waals surface area contributed by atoms with E-state index in [2.05, 4.69) is 69.2 Å². The van der Waals surface area contributed by atoms with E-state index in [1.54, 1.807) is 0 Å². The normalized spacial score (nSPS) is 16.6. The van der Waals surface area contributed by atoms with Crippen molar-refractivity contribution in [3.63, 3.8) is 0 Å². The Morgan fingerprint density at radius 3 is 2.65 bits per heavy atom. The lowest BCUT2D eigenvalue weighted by Gasteiger charge is -2.32. The van der Waals surface area contributed by atoms with Gasteiger partial charge in [-0.25, -0.2) is 0 Å². The van der Waals surface area contributed by atoms with Crippen LogP contribution < -0.4 is 10.6 Å². The summed E-state index contributed by atoms with van der Waals surface area (Å²) in [6.45, 7) is 7.46. The summed E-state index contributed by atoms with van der Waals surface area (Å²) in [6, 6.07) is 12.9. The van der Waals surface area contributed by atoms with E-state index in [-0.39, 0.29) is 0 Å². The van der Waals surface area contributed by atoms with Crippen molar-refractivity contribution in [1.29, 1.82) is 0 Å². The second-order valence-corrected chi connectivity index (χ2v) is 8.06. The van der Waals surface area contributed by atoms with Crippen molar-refractivity contribution in [2.45, 2.75) is 32.9 Å². The first kappa shape index (κ1) is 18.9. The molecule has 1 saturated heterocycles. The highest BCUT2D eigenvalue weighted by Gasteiger charge is 2.19. The summed E-state index contributed by atoms with van der Waals surface area (Å²) in [4.78, 5) is 8.42. The van der Waals surface area contributed by atoms with E-state index in [0.717, 1.165) is 31.5 Å². The molecule has 140 valence electrons. The predicted octanol–water partition coefficient (Wildman–Crippen LogP) is 3.63. The molecule has 0 radical (unpaired) electrons. The van der Waals surface area contributed by atoms with Crippen LogP contribution in [0.25, 0.3) is 0 Å². The van der Waals surface area contributed by atoms with Crippen LogP contribution in [0.15, 0.2) is 46.8 Å². The molecular weight excluding hydrogens is 340 g/mol. The molecule has 0 saturated carbocycles. The third-order valence-corrected chi connectivity index (χ3v) is 6.02. The molecule has 1 aromatic heterocycles. The second-order valence-electron chi connectivity index (χ2n) is 7.03. The molecule has 3 rings (SSSR count). The van der Waals surface area contributed by atoms with Crippen LogP contribution in [0.5, 0.6) is 0 Å². The third-order valence-electron chi connectivity index (χ3n) is 5.16. The van der Waals surface area contributed by atoms with Gasteiger partial charge in [-0.1, -0.05) is 30.3 Å². The molecule has 2 aromatic rings. The van der Waals surface area contributed by atoms with Crippen molar-refractivity contribution in [2.75, 3.05) is 26.7 Å². The Morgan fingerprint density at radius 2 is 1.96 bits per heavy atom. The van der Waals surface area contributed by atoms with Crippen molar-refractivity contribution in [3.8, 4) is 0 Å². The standard InChI is InChI=1S/C21H30N4S/c1-17-6-3-4-7-19(17)15-24-21(22-2)23-14-18-9-11-25(12-10-18)16-20-8-5-13-26-20/h3-8,13,18H,9-12,14-16H2,1-2H3,(H2,22,23,24). The van der Waals surface area contributed by atoms with Crippen molar-refractivity contribution in [1.82, 2.24) is 15.5 Å². The van der Waals surface area contributed by atoms with Crippen LogP contribution in [0, 0.1) is 12.8 Å². The molecule has 0 atom stereocenters. The van der Waals surface area contributed by atoms with Crippen molar-refractivity contribution in [2.24, 2.45) is 10.9 Å². The monoisotopic (exact) mass is 370 g/mol. The first-order chi connectivity index (χ1) is 12.7. The number of hydrogen-bond acceptors (Lipinski definition) is 3. The smallest absolute Gasteiger partial charge is 0.191 e. The van der Waals surface area contributed by atoms with Gasteiger partial charge in [0, 0.05) is 31.6 Å². The minimum atomic E-state index is 0.728. The zero-order valence-electron chi connectivity index (χ0n) is 15.9. The summed E-state index contributed by atoms with van der Waals surface area (Å²) in [7, 11) is 1.84. The van der Waals surface area contributed by atoms with Crippen LogP contribution in [0.3, 0.4) is 0 Å². The Hall–Kier alpha value is -1.85. The number of thiophene rings is 1. The van der Waals surface area contributed by atoms with E-state index in [4.69, 9.17) is 0 Å². The minimum absolute atomic E-state index is 0.728. The van der Waals surface area contributed by atoms with Crippen LogP contribution >= 0.6 is 11.3 Å². The summed E-state index contributed by atoms with van der Waals surface area (Å²) >= 11 is 1.86. The zero-order chi connectivity index (χ0) is 18.2. The lowest BCUT2D eigenvalue weighted by molar-refractivity contribution is 0.179. The quantitative estimate of drug-likeness (QED) is 0.602.